The minimum atomic E-state index is -0.358. The average Bonchev–Trinajstić information content (AvgIpc) is 2.39. The minimum absolute atomic E-state index is 0.0293. The number of amides is 1. The van der Waals surface area contributed by atoms with E-state index in [2.05, 4.69) is 4.74 Å². The molecule has 0 radical (unpaired) electrons. The van der Waals surface area contributed by atoms with Gasteiger partial charge >= 0.3 is 5.97 Å². The molecule has 0 spiro atoms. The largest absolute Gasteiger partial charge is 0.469 e. The van der Waals surface area contributed by atoms with E-state index in [0.29, 0.717) is 26.1 Å². The van der Waals surface area contributed by atoms with Crippen LogP contribution in [-0.4, -0.2) is 61.9 Å². The van der Waals surface area contributed by atoms with E-state index in [1.807, 2.05) is 0 Å². The van der Waals surface area contributed by atoms with Crippen LogP contribution in [0.25, 0.3) is 0 Å². The molecule has 1 unspecified atom stereocenters. The van der Waals surface area contributed by atoms with Crippen molar-refractivity contribution in [1.82, 2.24) is 4.90 Å². The molecule has 0 saturated carbocycles. The van der Waals surface area contributed by atoms with Gasteiger partial charge in [-0.3, -0.25) is 9.59 Å². The predicted octanol–water partition coefficient (Wildman–Crippen LogP) is 0.0430. The summed E-state index contributed by atoms with van der Waals surface area (Å²) in [5.74, 6) is -0.720. The van der Waals surface area contributed by atoms with Gasteiger partial charge in [0.15, 0.2) is 0 Å². The summed E-state index contributed by atoms with van der Waals surface area (Å²) < 4.78 is 9.74. The molecular formula is C12H23NO5. The third-order valence-electron chi connectivity index (χ3n) is 2.49. The minimum Gasteiger partial charge on any atom is -0.469 e. The maximum Gasteiger partial charge on any atom is 0.310 e. The lowest BCUT2D eigenvalue weighted by atomic mass is 10.1. The molecular weight excluding hydrogens is 238 g/mol. The molecule has 1 amide bonds. The lowest BCUT2D eigenvalue weighted by Gasteiger charge is -2.24. The van der Waals surface area contributed by atoms with Gasteiger partial charge in [-0.05, 0) is 0 Å². The molecule has 106 valence electrons. The van der Waals surface area contributed by atoms with Crippen molar-refractivity contribution in [2.75, 3.05) is 40.0 Å². The fourth-order valence-corrected chi connectivity index (χ4v) is 1.49. The molecule has 0 fully saturated rings. The van der Waals surface area contributed by atoms with Crippen molar-refractivity contribution in [2.24, 2.45) is 5.92 Å². The van der Waals surface area contributed by atoms with Gasteiger partial charge in [0, 0.05) is 19.5 Å². The second-order valence-corrected chi connectivity index (χ2v) is 3.95. The Bertz CT molecular complexity index is 257. The van der Waals surface area contributed by atoms with Crippen molar-refractivity contribution in [2.45, 2.75) is 20.3 Å². The van der Waals surface area contributed by atoms with Crippen LogP contribution in [0.15, 0.2) is 0 Å². The van der Waals surface area contributed by atoms with Gasteiger partial charge in [0.2, 0.25) is 5.91 Å². The molecule has 0 bridgehead atoms. The van der Waals surface area contributed by atoms with Gasteiger partial charge in [0.05, 0.1) is 32.8 Å². The number of esters is 1. The van der Waals surface area contributed by atoms with E-state index < -0.39 is 0 Å². The zero-order chi connectivity index (χ0) is 14.0. The van der Waals surface area contributed by atoms with Crippen LogP contribution in [0.3, 0.4) is 0 Å². The van der Waals surface area contributed by atoms with Crippen molar-refractivity contribution < 1.29 is 24.2 Å². The Hall–Kier alpha value is -1.14. The molecule has 1 atom stereocenters. The molecule has 6 heteroatoms. The molecule has 0 aliphatic carbocycles. The van der Waals surface area contributed by atoms with Crippen molar-refractivity contribution in [3.63, 3.8) is 0 Å². The quantitative estimate of drug-likeness (QED) is 0.468. The Kier molecular flexibility index (Phi) is 9.22. The zero-order valence-electron chi connectivity index (χ0n) is 11.3. The predicted molar refractivity (Wildman–Crippen MR) is 66.0 cm³/mol. The van der Waals surface area contributed by atoms with Crippen LogP contribution in [0.5, 0.6) is 0 Å². The van der Waals surface area contributed by atoms with Gasteiger partial charge in [0.25, 0.3) is 0 Å². The summed E-state index contributed by atoms with van der Waals surface area (Å²) in [5.41, 5.74) is 0. The number of carbonyl (C=O) groups is 2. The van der Waals surface area contributed by atoms with Crippen LogP contribution in [0.1, 0.15) is 20.3 Å². The van der Waals surface area contributed by atoms with Crippen LogP contribution in [0.4, 0.5) is 0 Å². The summed E-state index contributed by atoms with van der Waals surface area (Å²) in [7, 11) is 1.33. The van der Waals surface area contributed by atoms with E-state index in [1.54, 1.807) is 18.7 Å². The number of rotatable bonds is 9. The lowest BCUT2D eigenvalue weighted by molar-refractivity contribution is -0.146. The van der Waals surface area contributed by atoms with Crippen LogP contribution < -0.4 is 0 Å². The van der Waals surface area contributed by atoms with E-state index in [0.717, 1.165) is 0 Å². The fourth-order valence-electron chi connectivity index (χ4n) is 1.49. The first-order chi connectivity index (χ1) is 8.56. The molecule has 0 heterocycles. The average molecular weight is 261 g/mol. The van der Waals surface area contributed by atoms with Crippen LogP contribution >= 0.6 is 0 Å². The molecule has 0 aromatic heterocycles. The highest BCUT2D eigenvalue weighted by molar-refractivity contribution is 5.77. The monoisotopic (exact) mass is 261 g/mol. The highest BCUT2D eigenvalue weighted by Gasteiger charge is 2.20. The summed E-state index contributed by atoms with van der Waals surface area (Å²) >= 11 is 0. The Balaban J connectivity index is 4.22. The van der Waals surface area contributed by atoms with Crippen LogP contribution in [0, 0.1) is 5.92 Å². The second kappa shape index (κ2) is 9.85. The van der Waals surface area contributed by atoms with Gasteiger partial charge in [-0.2, -0.15) is 0 Å². The van der Waals surface area contributed by atoms with E-state index in [1.165, 1.54) is 7.11 Å². The molecule has 0 aliphatic rings. The van der Waals surface area contributed by atoms with Crippen molar-refractivity contribution in [3.05, 3.63) is 0 Å². The molecule has 18 heavy (non-hydrogen) atoms. The maximum atomic E-state index is 11.7. The zero-order valence-corrected chi connectivity index (χ0v) is 11.3. The Morgan fingerprint density at radius 2 is 2.00 bits per heavy atom. The number of hydrogen-bond acceptors (Lipinski definition) is 5. The number of carbonyl (C=O) groups excluding carboxylic acids is 2. The molecule has 0 saturated heterocycles. The van der Waals surface area contributed by atoms with E-state index in [9.17, 15) is 9.59 Å². The van der Waals surface area contributed by atoms with E-state index in [4.69, 9.17) is 9.84 Å². The van der Waals surface area contributed by atoms with Gasteiger partial charge in [-0.25, -0.2) is 0 Å². The molecule has 1 N–H and O–H groups in total. The van der Waals surface area contributed by atoms with Crippen molar-refractivity contribution >= 4 is 11.9 Å². The lowest BCUT2D eigenvalue weighted by Crippen LogP contribution is -2.39. The summed E-state index contributed by atoms with van der Waals surface area (Å²) in [6.07, 6.45) is 0.383. The smallest absolute Gasteiger partial charge is 0.310 e. The Morgan fingerprint density at radius 1 is 1.33 bits per heavy atom. The first-order valence-electron chi connectivity index (χ1n) is 6.11. The summed E-state index contributed by atoms with van der Waals surface area (Å²) in [6.45, 7) is 4.78. The first-order valence-corrected chi connectivity index (χ1v) is 6.11. The van der Waals surface area contributed by atoms with Gasteiger partial charge < -0.3 is 19.5 Å². The normalized spacial score (nSPS) is 12.0. The summed E-state index contributed by atoms with van der Waals surface area (Å²) in [4.78, 5) is 24.6. The standard InChI is InChI=1S/C12H23NO5/c1-4-11(15)13(5-7-18-8-6-14)9-10(2)12(16)17-3/h10,14H,4-9H2,1-3H3. The first kappa shape index (κ1) is 16.9. The van der Waals surface area contributed by atoms with Crippen molar-refractivity contribution in [3.8, 4) is 0 Å². The third kappa shape index (κ3) is 6.56. The third-order valence-corrected chi connectivity index (χ3v) is 2.49. The molecule has 6 nitrogen and oxygen atoms in total. The Labute approximate surface area is 108 Å². The number of nitrogens with zero attached hydrogens (tertiary/aromatic N) is 1. The number of methoxy groups -OCH3 is 1. The molecule has 0 aromatic rings. The van der Waals surface area contributed by atoms with Gasteiger partial charge in [-0.1, -0.05) is 13.8 Å². The number of ether oxygens (including phenoxy) is 2. The van der Waals surface area contributed by atoms with E-state index in [-0.39, 0.29) is 31.0 Å². The molecule has 0 rings (SSSR count). The summed E-state index contributed by atoms with van der Waals surface area (Å²) in [5, 5.41) is 8.57. The van der Waals surface area contributed by atoms with E-state index >= 15 is 0 Å². The highest BCUT2D eigenvalue weighted by atomic mass is 16.5. The number of aliphatic hydroxyl groups is 1. The van der Waals surface area contributed by atoms with Gasteiger partial charge in [0.1, 0.15) is 0 Å². The van der Waals surface area contributed by atoms with Crippen molar-refractivity contribution in [1.29, 1.82) is 0 Å². The number of aliphatic hydroxyl groups excluding tert-OH is 1. The molecule has 0 aromatic carbocycles. The fraction of sp³-hybridized carbons (Fsp3) is 0.833. The van der Waals surface area contributed by atoms with Crippen LogP contribution in [0.2, 0.25) is 0 Å². The number of hydrogen-bond donors (Lipinski definition) is 1. The second-order valence-electron chi connectivity index (χ2n) is 3.95. The summed E-state index contributed by atoms with van der Waals surface area (Å²) in [6, 6.07) is 0. The maximum absolute atomic E-state index is 11.7. The SMILES string of the molecule is CCC(=O)N(CCOCCO)CC(C)C(=O)OC. The highest BCUT2D eigenvalue weighted by Crippen LogP contribution is 2.04. The topological polar surface area (TPSA) is 76.1 Å². The molecule has 0 aliphatic heterocycles. The Morgan fingerprint density at radius 3 is 2.50 bits per heavy atom. The van der Waals surface area contributed by atoms with Crippen LogP contribution in [-0.2, 0) is 19.1 Å². The van der Waals surface area contributed by atoms with Gasteiger partial charge in [-0.15, -0.1) is 0 Å².